The Balaban J connectivity index is 1.55. The third kappa shape index (κ3) is 5.97. The fraction of sp³-hybridized carbons (Fsp3) is 0.417. The van der Waals surface area contributed by atoms with E-state index in [0.717, 1.165) is 41.4 Å². The minimum atomic E-state index is -4.20. The molecule has 4 rings (SSSR count). The molecule has 2 aromatic carbocycles. The Morgan fingerprint density at radius 3 is 2.31 bits per heavy atom. The van der Waals surface area contributed by atoms with Crippen molar-refractivity contribution in [2.24, 2.45) is 5.73 Å². The van der Waals surface area contributed by atoms with E-state index in [1.165, 1.54) is 4.90 Å². The molecule has 0 aromatic heterocycles. The van der Waals surface area contributed by atoms with Crippen LogP contribution in [0, 0.1) is 5.82 Å². The first kappa shape index (κ1) is 26.3. The summed E-state index contributed by atoms with van der Waals surface area (Å²) < 4.78 is 46.7. The zero-order valence-corrected chi connectivity index (χ0v) is 21.1. The number of ether oxygens (including phenoxy) is 1. The normalized spacial score (nSPS) is 22.9. The molecule has 1 unspecified atom stereocenters. The van der Waals surface area contributed by atoms with E-state index in [1.54, 1.807) is 24.3 Å². The van der Waals surface area contributed by atoms with Crippen molar-refractivity contribution in [1.29, 1.82) is 0 Å². The maximum absolute atomic E-state index is 13.4. The SMILES string of the molecule is NC1CCC(NC(=O)C2N(C(=O)COc3ccc(Cl)cc3)CCN2S(=O)(=O)c2ccc(F)cc2)CC1. The van der Waals surface area contributed by atoms with E-state index in [0.29, 0.717) is 23.6 Å². The van der Waals surface area contributed by atoms with Crippen LogP contribution in [-0.4, -0.2) is 67.4 Å². The van der Waals surface area contributed by atoms with Crippen LogP contribution < -0.4 is 15.8 Å². The highest BCUT2D eigenvalue weighted by molar-refractivity contribution is 7.89. The number of nitrogens with two attached hydrogens (primary N) is 1. The molecule has 1 saturated heterocycles. The maximum atomic E-state index is 13.4. The van der Waals surface area contributed by atoms with Gasteiger partial charge in [-0.2, -0.15) is 4.31 Å². The molecule has 3 N–H and O–H groups in total. The van der Waals surface area contributed by atoms with Gasteiger partial charge < -0.3 is 20.7 Å². The number of nitrogens with zero attached hydrogens (tertiary/aromatic N) is 2. The first-order valence-electron chi connectivity index (χ1n) is 11.7. The van der Waals surface area contributed by atoms with Crippen LogP contribution in [0.1, 0.15) is 25.7 Å². The minimum absolute atomic E-state index is 0.00311. The van der Waals surface area contributed by atoms with Crippen molar-refractivity contribution < 1.29 is 27.1 Å². The van der Waals surface area contributed by atoms with Gasteiger partial charge in [-0.15, -0.1) is 0 Å². The average Bonchev–Trinajstić information content (AvgIpc) is 3.32. The van der Waals surface area contributed by atoms with Gasteiger partial charge in [-0.3, -0.25) is 9.59 Å². The standard InChI is InChI=1S/C24H28ClFN4O5S/c25-16-1-9-20(10-2-16)35-15-22(31)29-13-14-30(36(33,34)21-11-3-17(26)4-12-21)24(29)23(32)28-19-7-5-18(27)6-8-19/h1-4,9-12,18-19,24H,5-8,13-15,27H2,(H,28,32). The second kappa shape index (κ2) is 11.1. The first-order valence-corrected chi connectivity index (χ1v) is 13.5. The van der Waals surface area contributed by atoms with Gasteiger partial charge in [0.05, 0.1) is 4.90 Å². The van der Waals surface area contributed by atoms with Crippen molar-refractivity contribution in [1.82, 2.24) is 14.5 Å². The van der Waals surface area contributed by atoms with Crippen LogP contribution in [0.25, 0.3) is 0 Å². The van der Waals surface area contributed by atoms with Gasteiger partial charge in [0, 0.05) is 30.2 Å². The highest BCUT2D eigenvalue weighted by atomic mass is 35.5. The van der Waals surface area contributed by atoms with Gasteiger partial charge in [-0.05, 0) is 74.2 Å². The van der Waals surface area contributed by atoms with Crippen molar-refractivity contribution in [2.75, 3.05) is 19.7 Å². The molecule has 2 aromatic rings. The molecule has 0 bridgehead atoms. The molecular formula is C24H28ClFN4O5S. The number of halogens is 2. The summed E-state index contributed by atoms with van der Waals surface area (Å²) in [6.45, 7) is -0.495. The second-order valence-electron chi connectivity index (χ2n) is 8.89. The zero-order valence-electron chi connectivity index (χ0n) is 19.5. The Kier molecular flexibility index (Phi) is 8.13. The van der Waals surface area contributed by atoms with Crippen molar-refractivity contribution in [2.45, 2.75) is 48.8 Å². The van der Waals surface area contributed by atoms with Crippen LogP contribution in [0.5, 0.6) is 5.75 Å². The van der Waals surface area contributed by atoms with Crippen LogP contribution in [0.3, 0.4) is 0 Å². The molecule has 36 heavy (non-hydrogen) atoms. The molecule has 194 valence electrons. The molecule has 1 aliphatic carbocycles. The molecule has 1 atom stereocenters. The van der Waals surface area contributed by atoms with E-state index in [2.05, 4.69) is 5.32 Å². The van der Waals surface area contributed by atoms with Gasteiger partial charge in [-0.25, -0.2) is 12.8 Å². The summed E-state index contributed by atoms with van der Waals surface area (Å²) in [6, 6.07) is 10.7. The largest absolute Gasteiger partial charge is 0.484 e. The van der Waals surface area contributed by atoms with Crippen molar-refractivity contribution >= 4 is 33.4 Å². The lowest BCUT2D eigenvalue weighted by Crippen LogP contribution is -2.56. The van der Waals surface area contributed by atoms with E-state index < -0.39 is 40.4 Å². The van der Waals surface area contributed by atoms with E-state index in [1.807, 2.05) is 0 Å². The fourth-order valence-corrected chi connectivity index (χ4v) is 6.10. The van der Waals surface area contributed by atoms with E-state index in [-0.39, 0.29) is 30.1 Å². The second-order valence-corrected chi connectivity index (χ2v) is 11.2. The van der Waals surface area contributed by atoms with Crippen LogP contribution in [0.2, 0.25) is 5.02 Å². The van der Waals surface area contributed by atoms with E-state index >= 15 is 0 Å². The summed E-state index contributed by atoms with van der Waals surface area (Å²) in [7, 11) is -4.20. The zero-order chi connectivity index (χ0) is 25.9. The summed E-state index contributed by atoms with van der Waals surface area (Å²) in [6.07, 6.45) is 1.41. The summed E-state index contributed by atoms with van der Waals surface area (Å²) in [5.74, 6) is -1.33. The maximum Gasteiger partial charge on any atom is 0.262 e. The summed E-state index contributed by atoms with van der Waals surface area (Å²) in [4.78, 5) is 27.5. The Hall–Kier alpha value is -2.73. The third-order valence-electron chi connectivity index (χ3n) is 6.40. The molecule has 12 heteroatoms. The Morgan fingerprint density at radius 1 is 1.03 bits per heavy atom. The summed E-state index contributed by atoms with van der Waals surface area (Å²) in [5, 5.41) is 3.41. The number of hydrogen-bond acceptors (Lipinski definition) is 6. The average molecular weight is 539 g/mol. The fourth-order valence-electron chi connectivity index (χ4n) is 4.43. The van der Waals surface area contributed by atoms with Crippen LogP contribution in [0.4, 0.5) is 4.39 Å². The highest BCUT2D eigenvalue weighted by Gasteiger charge is 2.47. The van der Waals surface area contributed by atoms with Crippen LogP contribution >= 0.6 is 11.6 Å². The Morgan fingerprint density at radius 2 is 1.67 bits per heavy atom. The molecule has 1 aliphatic heterocycles. The first-order chi connectivity index (χ1) is 17.1. The van der Waals surface area contributed by atoms with Crippen molar-refractivity contribution in [3.8, 4) is 5.75 Å². The quantitative estimate of drug-likeness (QED) is 0.557. The van der Waals surface area contributed by atoms with Gasteiger partial charge in [-0.1, -0.05) is 11.6 Å². The number of rotatable bonds is 7. The van der Waals surface area contributed by atoms with Crippen LogP contribution in [-0.2, 0) is 19.6 Å². The Bertz CT molecular complexity index is 1190. The molecule has 0 spiro atoms. The number of sulfonamides is 1. The predicted molar refractivity (Wildman–Crippen MR) is 131 cm³/mol. The molecule has 2 aliphatic rings. The lowest BCUT2D eigenvalue weighted by atomic mass is 9.92. The van der Waals surface area contributed by atoms with Gasteiger partial charge in [0.2, 0.25) is 10.0 Å². The predicted octanol–water partition coefficient (Wildman–Crippen LogP) is 2.10. The molecule has 2 amide bonds. The number of hydrogen-bond donors (Lipinski definition) is 2. The molecule has 0 radical (unpaired) electrons. The monoisotopic (exact) mass is 538 g/mol. The molecule has 2 fully saturated rings. The summed E-state index contributed by atoms with van der Waals surface area (Å²) >= 11 is 5.87. The van der Waals surface area contributed by atoms with Crippen LogP contribution in [0.15, 0.2) is 53.4 Å². The lowest BCUT2D eigenvalue weighted by Gasteiger charge is -2.32. The number of nitrogens with one attached hydrogen (secondary N) is 1. The number of amides is 2. The highest BCUT2D eigenvalue weighted by Crippen LogP contribution is 2.26. The molecule has 1 heterocycles. The molecule has 9 nitrogen and oxygen atoms in total. The summed E-state index contributed by atoms with van der Waals surface area (Å²) in [5.41, 5.74) is 5.95. The third-order valence-corrected chi connectivity index (χ3v) is 8.52. The topological polar surface area (TPSA) is 122 Å². The van der Waals surface area contributed by atoms with Gasteiger partial charge in [0.15, 0.2) is 12.8 Å². The Labute approximate surface area is 214 Å². The van der Waals surface area contributed by atoms with E-state index in [4.69, 9.17) is 22.1 Å². The minimum Gasteiger partial charge on any atom is -0.484 e. The van der Waals surface area contributed by atoms with Gasteiger partial charge >= 0.3 is 0 Å². The van der Waals surface area contributed by atoms with Crippen molar-refractivity contribution in [3.63, 3.8) is 0 Å². The van der Waals surface area contributed by atoms with E-state index in [9.17, 15) is 22.4 Å². The smallest absolute Gasteiger partial charge is 0.262 e. The number of carbonyl (C=O) groups excluding carboxylic acids is 2. The lowest BCUT2D eigenvalue weighted by molar-refractivity contribution is -0.142. The molecular weight excluding hydrogens is 511 g/mol. The van der Waals surface area contributed by atoms with Gasteiger partial charge in [0.25, 0.3) is 11.8 Å². The van der Waals surface area contributed by atoms with Gasteiger partial charge in [0.1, 0.15) is 11.6 Å². The van der Waals surface area contributed by atoms with Crippen molar-refractivity contribution in [3.05, 3.63) is 59.4 Å². The molecule has 1 saturated carbocycles. The number of benzene rings is 2. The number of carbonyl (C=O) groups is 2.